The molecule has 1 aliphatic carbocycles. The molecule has 0 radical (unpaired) electrons. The summed E-state index contributed by atoms with van der Waals surface area (Å²) in [6.07, 6.45) is 3.15. The summed E-state index contributed by atoms with van der Waals surface area (Å²) in [4.78, 5) is 36.8. The molecule has 0 bridgehead atoms. The van der Waals surface area contributed by atoms with E-state index in [0.29, 0.717) is 39.8 Å². The molecule has 0 atom stereocenters. The van der Waals surface area contributed by atoms with Crippen molar-refractivity contribution in [2.24, 2.45) is 0 Å². The van der Waals surface area contributed by atoms with Crippen LogP contribution in [0.3, 0.4) is 0 Å². The van der Waals surface area contributed by atoms with Crippen LogP contribution in [0.5, 0.6) is 0 Å². The number of benzene rings is 2. The van der Waals surface area contributed by atoms with E-state index in [4.69, 9.17) is 0 Å². The minimum Gasteiger partial charge on any atom is -0.298 e. The van der Waals surface area contributed by atoms with Crippen LogP contribution in [0.1, 0.15) is 62.8 Å². The highest BCUT2D eigenvalue weighted by molar-refractivity contribution is 6.40. The summed E-state index contributed by atoms with van der Waals surface area (Å²) in [5.74, 6) is -0.178. The van der Waals surface area contributed by atoms with E-state index in [9.17, 15) is 14.4 Å². The van der Waals surface area contributed by atoms with Gasteiger partial charge in [0, 0.05) is 27.8 Å². The second-order valence-corrected chi connectivity index (χ2v) is 5.90. The molecule has 2 aromatic carbocycles. The molecule has 0 amide bonds. The fraction of sp³-hybridized carbons (Fsp3) is 0.190. The standard InChI is InChI=1S/C21H18O3/c1-2-3-6-18-19(15-11-9-14(13-22)10-12-15)21(24)17-8-5-4-7-16(17)20(18)23/h4-5,7-13H,2-3,6H2,1H3. The molecule has 2 aromatic rings. The number of fused-ring (bicyclic) bond motifs is 1. The van der Waals surface area contributed by atoms with Crippen molar-refractivity contribution in [3.05, 3.63) is 76.4 Å². The van der Waals surface area contributed by atoms with Gasteiger partial charge in [-0.25, -0.2) is 0 Å². The van der Waals surface area contributed by atoms with Crippen LogP contribution >= 0.6 is 0 Å². The normalized spacial score (nSPS) is 13.9. The average molecular weight is 318 g/mol. The summed E-state index contributed by atoms with van der Waals surface area (Å²) in [7, 11) is 0. The zero-order chi connectivity index (χ0) is 17.1. The van der Waals surface area contributed by atoms with Crippen molar-refractivity contribution in [1.29, 1.82) is 0 Å². The van der Waals surface area contributed by atoms with Crippen LogP contribution in [-0.2, 0) is 0 Å². The first-order chi connectivity index (χ1) is 11.7. The number of rotatable bonds is 5. The first-order valence-electron chi connectivity index (χ1n) is 8.14. The highest BCUT2D eigenvalue weighted by Gasteiger charge is 2.32. The van der Waals surface area contributed by atoms with Gasteiger partial charge in [0.25, 0.3) is 0 Å². The van der Waals surface area contributed by atoms with Crippen molar-refractivity contribution < 1.29 is 14.4 Å². The highest BCUT2D eigenvalue weighted by atomic mass is 16.1. The van der Waals surface area contributed by atoms with Crippen LogP contribution in [0.25, 0.3) is 5.57 Å². The lowest BCUT2D eigenvalue weighted by molar-refractivity contribution is 0.0988. The summed E-state index contributed by atoms with van der Waals surface area (Å²) in [5.41, 5.74) is 3.24. The predicted molar refractivity (Wildman–Crippen MR) is 93.4 cm³/mol. The van der Waals surface area contributed by atoms with Crippen molar-refractivity contribution in [2.75, 3.05) is 0 Å². The van der Waals surface area contributed by atoms with Crippen LogP contribution < -0.4 is 0 Å². The number of ketones is 2. The van der Waals surface area contributed by atoms with Crippen molar-refractivity contribution in [3.8, 4) is 0 Å². The number of Topliss-reactive ketones (excluding diaryl/α,β-unsaturated/α-hetero) is 2. The Morgan fingerprint density at radius 1 is 0.875 bits per heavy atom. The third kappa shape index (κ3) is 2.73. The Labute approximate surface area is 141 Å². The molecular weight excluding hydrogens is 300 g/mol. The molecule has 24 heavy (non-hydrogen) atoms. The van der Waals surface area contributed by atoms with Crippen LogP contribution in [0.2, 0.25) is 0 Å². The van der Waals surface area contributed by atoms with E-state index in [-0.39, 0.29) is 11.6 Å². The van der Waals surface area contributed by atoms with Gasteiger partial charge in [-0.1, -0.05) is 61.9 Å². The van der Waals surface area contributed by atoms with Gasteiger partial charge in [-0.3, -0.25) is 14.4 Å². The molecule has 3 heteroatoms. The third-order valence-corrected chi connectivity index (χ3v) is 4.34. The molecule has 3 nitrogen and oxygen atoms in total. The maximum absolute atomic E-state index is 13.0. The number of carbonyl (C=O) groups is 3. The van der Waals surface area contributed by atoms with Gasteiger partial charge >= 0.3 is 0 Å². The van der Waals surface area contributed by atoms with Crippen LogP contribution in [0.15, 0.2) is 54.1 Å². The van der Waals surface area contributed by atoms with Gasteiger partial charge in [-0.05, 0) is 18.4 Å². The lowest BCUT2D eigenvalue weighted by atomic mass is 9.79. The summed E-state index contributed by atoms with van der Waals surface area (Å²) in [6.45, 7) is 2.06. The quantitative estimate of drug-likeness (QED) is 0.761. The molecule has 120 valence electrons. The van der Waals surface area contributed by atoms with E-state index in [1.807, 2.05) is 0 Å². The summed E-state index contributed by atoms with van der Waals surface area (Å²) >= 11 is 0. The Morgan fingerprint density at radius 2 is 1.50 bits per heavy atom. The summed E-state index contributed by atoms with van der Waals surface area (Å²) in [5, 5.41) is 0. The van der Waals surface area contributed by atoms with Crippen molar-refractivity contribution in [2.45, 2.75) is 26.2 Å². The van der Waals surface area contributed by atoms with Gasteiger partial charge in [-0.2, -0.15) is 0 Å². The van der Waals surface area contributed by atoms with Crippen molar-refractivity contribution in [1.82, 2.24) is 0 Å². The monoisotopic (exact) mass is 318 g/mol. The lowest BCUT2D eigenvalue weighted by Crippen LogP contribution is -2.21. The van der Waals surface area contributed by atoms with Gasteiger partial charge in [-0.15, -0.1) is 0 Å². The number of carbonyl (C=O) groups excluding carboxylic acids is 3. The zero-order valence-electron chi connectivity index (χ0n) is 13.5. The van der Waals surface area contributed by atoms with E-state index in [2.05, 4.69) is 6.92 Å². The maximum atomic E-state index is 13.0. The molecule has 0 aromatic heterocycles. The van der Waals surface area contributed by atoms with E-state index >= 15 is 0 Å². The number of hydrogen-bond acceptors (Lipinski definition) is 3. The molecule has 3 rings (SSSR count). The fourth-order valence-electron chi connectivity index (χ4n) is 3.05. The van der Waals surface area contributed by atoms with Gasteiger partial charge in [0.15, 0.2) is 11.6 Å². The van der Waals surface area contributed by atoms with E-state index < -0.39 is 0 Å². The average Bonchev–Trinajstić information content (AvgIpc) is 2.63. The first-order valence-corrected chi connectivity index (χ1v) is 8.14. The summed E-state index contributed by atoms with van der Waals surface area (Å²) in [6, 6.07) is 13.8. The molecule has 0 saturated heterocycles. The Balaban J connectivity index is 2.17. The maximum Gasteiger partial charge on any atom is 0.194 e. The van der Waals surface area contributed by atoms with Gasteiger partial charge in [0.1, 0.15) is 6.29 Å². The van der Waals surface area contributed by atoms with Gasteiger partial charge < -0.3 is 0 Å². The Morgan fingerprint density at radius 3 is 2.08 bits per heavy atom. The molecule has 0 aliphatic heterocycles. The number of aldehydes is 1. The molecule has 1 aliphatic rings. The number of allylic oxidation sites excluding steroid dienone is 2. The molecule has 0 unspecified atom stereocenters. The Kier molecular flexibility index (Phi) is 4.52. The zero-order valence-corrected chi connectivity index (χ0v) is 13.5. The summed E-state index contributed by atoms with van der Waals surface area (Å²) < 4.78 is 0. The van der Waals surface area contributed by atoms with Gasteiger partial charge in [0.2, 0.25) is 0 Å². The molecule has 0 saturated carbocycles. The lowest BCUT2D eigenvalue weighted by Gasteiger charge is -2.21. The van der Waals surface area contributed by atoms with E-state index in [0.717, 1.165) is 19.1 Å². The van der Waals surface area contributed by atoms with Crippen molar-refractivity contribution >= 4 is 23.4 Å². The molecule has 0 heterocycles. The Bertz CT molecular complexity index is 842. The minimum absolute atomic E-state index is 0.0619. The van der Waals surface area contributed by atoms with Crippen LogP contribution in [0, 0.1) is 0 Å². The number of hydrogen-bond donors (Lipinski definition) is 0. The second kappa shape index (κ2) is 6.75. The van der Waals surface area contributed by atoms with Gasteiger partial charge in [0.05, 0.1) is 0 Å². The third-order valence-electron chi connectivity index (χ3n) is 4.34. The smallest absolute Gasteiger partial charge is 0.194 e. The first kappa shape index (κ1) is 16.1. The molecule has 0 fully saturated rings. The second-order valence-electron chi connectivity index (χ2n) is 5.90. The van der Waals surface area contributed by atoms with Crippen molar-refractivity contribution in [3.63, 3.8) is 0 Å². The van der Waals surface area contributed by atoms with E-state index in [1.165, 1.54) is 0 Å². The van der Waals surface area contributed by atoms with Crippen LogP contribution in [0.4, 0.5) is 0 Å². The topological polar surface area (TPSA) is 51.2 Å². The largest absolute Gasteiger partial charge is 0.298 e. The fourth-order valence-corrected chi connectivity index (χ4v) is 3.05. The van der Waals surface area contributed by atoms with E-state index in [1.54, 1.807) is 48.5 Å². The molecule has 0 N–H and O–H groups in total. The number of unbranched alkanes of at least 4 members (excludes halogenated alkanes) is 1. The SMILES string of the molecule is CCCCC1=C(c2ccc(C=O)cc2)C(=O)c2ccccc2C1=O. The predicted octanol–water partition coefficient (Wildman–Crippen LogP) is 4.52. The molecule has 0 spiro atoms. The molecular formula is C21H18O3. The Hall–Kier alpha value is -2.81. The minimum atomic E-state index is -0.116. The van der Waals surface area contributed by atoms with Crippen LogP contribution in [-0.4, -0.2) is 17.9 Å². The highest BCUT2D eigenvalue weighted by Crippen LogP contribution is 2.34.